The lowest BCUT2D eigenvalue weighted by atomic mass is 10.2. The molecule has 0 saturated carbocycles. The summed E-state index contributed by atoms with van der Waals surface area (Å²) in [5.74, 6) is -2.50. The van der Waals surface area contributed by atoms with Gasteiger partial charge < -0.3 is 4.90 Å². The monoisotopic (exact) mass is 275 g/mol. The summed E-state index contributed by atoms with van der Waals surface area (Å²) in [6.07, 6.45) is -4.93. The Bertz CT molecular complexity index is 242. The van der Waals surface area contributed by atoms with Crippen LogP contribution in [0.5, 0.6) is 0 Å². The van der Waals surface area contributed by atoms with Crippen LogP contribution in [-0.2, 0) is 9.59 Å². The number of amides is 1. The molecule has 0 bridgehead atoms. The van der Waals surface area contributed by atoms with Gasteiger partial charge in [-0.1, -0.05) is 15.9 Å². The van der Waals surface area contributed by atoms with Crippen molar-refractivity contribution in [1.29, 1.82) is 0 Å². The zero-order valence-corrected chi connectivity index (χ0v) is 9.15. The van der Waals surface area contributed by atoms with Gasteiger partial charge in [-0.15, -0.1) is 0 Å². The van der Waals surface area contributed by atoms with Crippen LogP contribution < -0.4 is 0 Å². The molecule has 0 fully saturated rings. The van der Waals surface area contributed by atoms with Crippen molar-refractivity contribution in [2.75, 3.05) is 12.4 Å². The van der Waals surface area contributed by atoms with E-state index in [4.69, 9.17) is 0 Å². The minimum Gasteiger partial charge on any atom is -0.328 e. The number of nitrogens with zero attached hydrogens (tertiary/aromatic N) is 1. The second kappa shape index (κ2) is 4.77. The molecule has 0 N–H and O–H groups in total. The fraction of sp³-hybridized carbons (Fsp3) is 0.714. The summed E-state index contributed by atoms with van der Waals surface area (Å²) in [6, 6.07) is -1.08. The van der Waals surface area contributed by atoms with E-state index in [0.717, 1.165) is 7.05 Å². The van der Waals surface area contributed by atoms with E-state index in [9.17, 15) is 22.8 Å². The summed E-state index contributed by atoms with van der Waals surface area (Å²) in [6.45, 7) is 1.24. The number of hydrogen-bond donors (Lipinski definition) is 0. The van der Waals surface area contributed by atoms with E-state index in [1.165, 1.54) is 6.92 Å². The third kappa shape index (κ3) is 3.28. The zero-order valence-electron chi connectivity index (χ0n) is 7.56. The predicted molar refractivity (Wildman–Crippen MR) is 47.1 cm³/mol. The van der Waals surface area contributed by atoms with Crippen molar-refractivity contribution in [2.24, 2.45) is 0 Å². The molecule has 0 saturated heterocycles. The molecule has 0 aromatic carbocycles. The summed E-state index contributed by atoms with van der Waals surface area (Å²) in [7, 11) is 0.945. The van der Waals surface area contributed by atoms with Crippen LogP contribution in [0.2, 0.25) is 0 Å². The lowest BCUT2D eigenvalue weighted by Gasteiger charge is -2.23. The van der Waals surface area contributed by atoms with E-state index in [1.807, 2.05) is 0 Å². The zero-order chi connectivity index (χ0) is 11.5. The van der Waals surface area contributed by atoms with Gasteiger partial charge >= 0.3 is 12.1 Å². The summed E-state index contributed by atoms with van der Waals surface area (Å²) < 4.78 is 35.7. The van der Waals surface area contributed by atoms with Crippen molar-refractivity contribution in [2.45, 2.75) is 19.1 Å². The van der Waals surface area contributed by atoms with Crippen molar-refractivity contribution in [3.05, 3.63) is 0 Å². The lowest BCUT2D eigenvalue weighted by molar-refractivity contribution is -0.186. The number of carbonyl (C=O) groups is 2. The number of hydrogen-bond acceptors (Lipinski definition) is 2. The second-order valence-electron chi connectivity index (χ2n) is 2.69. The Kier molecular flexibility index (Phi) is 4.57. The first-order valence-electron chi connectivity index (χ1n) is 3.64. The molecule has 14 heavy (non-hydrogen) atoms. The highest BCUT2D eigenvalue weighted by Crippen LogP contribution is 2.19. The molecule has 0 rings (SSSR count). The van der Waals surface area contributed by atoms with Gasteiger partial charge in [0.1, 0.15) is 0 Å². The predicted octanol–water partition coefficient (Wildman–Crippen LogP) is 1.36. The Balaban J connectivity index is 4.55. The molecule has 3 nitrogen and oxygen atoms in total. The van der Waals surface area contributed by atoms with Crippen LogP contribution in [0.4, 0.5) is 13.2 Å². The standard InChI is InChI=1S/C7H9BrF3NO2/c1-4(5(13)3-8)12(2)6(14)7(9,10)11/h4H,3H2,1-2H3. The van der Waals surface area contributed by atoms with Crippen LogP contribution >= 0.6 is 15.9 Å². The van der Waals surface area contributed by atoms with Crippen LogP contribution in [0, 0.1) is 0 Å². The van der Waals surface area contributed by atoms with Gasteiger partial charge in [-0.2, -0.15) is 13.2 Å². The van der Waals surface area contributed by atoms with E-state index in [0.29, 0.717) is 4.90 Å². The van der Waals surface area contributed by atoms with Crippen molar-refractivity contribution < 1.29 is 22.8 Å². The Morgan fingerprint density at radius 3 is 2.14 bits per heavy atom. The first-order valence-corrected chi connectivity index (χ1v) is 4.76. The number of alkyl halides is 4. The maximum Gasteiger partial charge on any atom is 0.471 e. The molecule has 0 aliphatic heterocycles. The Morgan fingerprint density at radius 1 is 1.43 bits per heavy atom. The van der Waals surface area contributed by atoms with Gasteiger partial charge in [-0.05, 0) is 6.92 Å². The normalized spacial score (nSPS) is 13.6. The number of halogens is 4. The first kappa shape index (κ1) is 13.4. The molecule has 0 aromatic rings. The van der Waals surface area contributed by atoms with Crippen molar-refractivity contribution in [3.63, 3.8) is 0 Å². The van der Waals surface area contributed by atoms with Crippen LogP contribution in [0.25, 0.3) is 0 Å². The smallest absolute Gasteiger partial charge is 0.328 e. The molecular formula is C7H9BrF3NO2. The molecule has 1 unspecified atom stereocenters. The topological polar surface area (TPSA) is 37.4 Å². The maximum absolute atomic E-state index is 11.9. The van der Waals surface area contributed by atoms with Gasteiger partial charge in [0.25, 0.3) is 0 Å². The first-order chi connectivity index (χ1) is 6.21. The summed E-state index contributed by atoms with van der Waals surface area (Å²) in [5, 5.41) is -0.0797. The van der Waals surface area contributed by atoms with E-state index in [1.54, 1.807) is 0 Å². The van der Waals surface area contributed by atoms with E-state index in [2.05, 4.69) is 15.9 Å². The van der Waals surface area contributed by atoms with Crippen molar-refractivity contribution in [1.82, 2.24) is 4.90 Å². The van der Waals surface area contributed by atoms with Crippen LogP contribution in [0.15, 0.2) is 0 Å². The average molecular weight is 276 g/mol. The second-order valence-corrected chi connectivity index (χ2v) is 3.25. The van der Waals surface area contributed by atoms with Crippen molar-refractivity contribution >= 4 is 27.6 Å². The molecule has 1 atom stereocenters. The highest BCUT2D eigenvalue weighted by atomic mass is 79.9. The minimum absolute atomic E-state index is 0.0797. The Hall–Kier alpha value is -0.590. The van der Waals surface area contributed by atoms with Crippen LogP contribution in [-0.4, -0.2) is 41.2 Å². The average Bonchev–Trinajstić information content (AvgIpc) is 2.11. The molecular weight excluding hydrogens is 267 g/mol. The number of rotatable bonds is 3. The highest BCUT2D eigenvalue weighted by Gasteiger charge is 2.43. The number of likely N-dealkylation sites (N-methyl/N-ethyl adjacent to an activating group) is 1. The van der Waals surface area contributed by atoms with Gasteiger partial charge in [0, 0.05) is 7.05 Å². The van der Waals surface area contributed by atoms with Gasteiger partial charge in [0.05, 0.1) is 11.4 Å². The number of carbonyl (C=O) groups excluding carboxylic acids is 2. The Morgan fingerprint density at radius 2 is 1.86 bits per heavy atom. The maximum atomic E-state index is 11.9. The quantitative estimate of drug-likeness (QED) is 0.730. The molecule has 82 valence electrons. The largest absolute Gasteiger partial charge is 0.471 e. The third-order valence-electron chi connectivity index (χ3n) is 1.74. The van der Waals surface area contributed by atoms with E-state index < -0.39 is 23.9 Å². The van der Waals surface area contributed by atoms with Gasteiger partial charge in [-0.25, -0.2) is 0 Å². The van der Waals surface area contributed by atoms with Crippen LogP contribution in [0.3, 0.4) is 0 Å². The summed E-state index contributed by atoms with van der Waals surface area (Å²) in [5.41, 5.74) is 0. The lowest BCUT2D eigenvalue weighted by Crippen LogP contribution is -2.46. The summed E-state index contributed by atoms with van der Waals surface area (Å²) in [4.78, 5) is 22.0. The molecule has 0 aliphatic carbocycles. The van der Waals surface area contributed by atoms with E-state index >= 15 is 0 Å². The van der Waals surface area contributed by atoms with Gasteiger partial charge in [0.2, 0.25) is 0 Å². The number of ketones is 1. The molecule has 0 spiro atoms. The fourth-order valence-electron chi connectivity index (χ4n) is 0.703. The highest BCUT2D eigenvalue weighted by molar-refractivity contribution is 9.09. The fourth-order valence-corrected chi connectivity index (χ4v) is 1.17. The van der Waals surface area contributed by atoms with Gasteiger partial charge in [0.15, 0.2) is 5.78 Å². The summed E-state index contributed by atoms with van der Waals surface area (Å²) >= 11 is 2.81. The molecule has 7 heteroatoms. The third-order valence-corrected chi connectivity index (χ3v) is 2.29. The molecule has 1 amide bonds. The van der Waals surface area contributed by atoms with Crippen LogP contribution in [0.1, 0.15) is 6.92 Å². The molecule has 0 radical (unpaired) electrons. The molecule has 0 aliphatic rings. The minimum atomic E-state index is -4.93. The molecule has 0 heterocycles. The van der Waals surface area contributed by atoms with E-state index in [-0.39, 0.29) is 5.33 Å². The Labute approximate surface area is 87.4 Å². The van der Waals surface area contributed by atoms with Gasteiger partial charge in [-0.3, -0.25) is 9.59 Å². The van der Waals surface area contributed by atoms with Crippen molar-refractivity contribution in [3.8, 4) is 0 Å². The molecule has 0 aromatic heterocycles. The number of Topliss-reactive ketones (excluding diaryl/α,β-unsaturated/α-hetero) is 1. The SMILES string of the molecule is CC(C(=O)CBr)N(C)C(=O)C(F)(F)F.